The van der Waals surface area contributed by atoms with E-state index in [1.165, 1.54) is 7.11 Å². The molecule has 0 fully saturated rings. The maximum absolute atomic E-state index is 9.73. The highest BCUT2D eigenvalue weighted by atomic mass is 16.5. The molecule has 0 aromatic heterocycles. The Hall–Kier alpha value is -1.77. The topological polar surface area (TPSA) is 99.5 Å². The van der Waals surface area contributed by atoms with Crippen LogP contribution in [-0.4, -0.2) is 23.4 Å². The summed E-state index contributed by atoms with van der Waals surface area (Å²) in [4.78, 5) is 0. The average molecular weight is 222 g/mol. The van der Waals surface area contributed by atoms with Gasteiger partial charge in [0, 0.05) is 0 Å². The van der Waals surface area contributed by atoms with Crippen molar-refractivity contribution in [2.45, 2.75) is 18.6 Å². The van der Waals surface area contributed by atoms with E-state index in [2.05, 4.69) is 0 Å². The van der Waals surface area contributed by atoms with Crippen LogP contribution in [0.4, 0.5) is 5.69 Å². The largest absolute Gasteiger partial charge is 0.495 e. The third kappa shape index (κ3) is 2.63. The Bertz CT molecular complexity index is 401. The molecular formula is C11H14N2O3. The van der Waals surface area contributed by atoms with Crippen molar-refractivity contribution in [2.75, 3.05) is 12.8 Å². The van der Waals surface area contributed by atoms with Crippen molar-refractivity contribution in [1.82, 2.24) is 0 Å². The Kier molecular flexibility index (Phi) is 4.11. The van der Waals surface area contributed by atoms with Gasteiger partial charge in [0.05, 0.1) is 31.4 Å². The molecule has 1 rings (SSSR count). The van der Waals surface area contributed by atoms with E-state index in [1.54, 1.807) is 24.3 Å². The molecule has 4 N–H and O–H groups in total. The molecule has 1 aromatic rings. The number of aliphatic hydroxyl groups excluding tert-OH is 2. The maximum atomic E-state index is 9.73. The van der Waals surface area contributed by atoms with Crippen LogP contribution in [0.5, 0.6) is 5.75 Å². The van der Waals surface area contributed by atoms with Gasteiger partial charge in [-0.1, -0.05) is 6.07 Å². The normalized spacial score (nSPS) is 13.9. The van der Waals surface area contributed by atoms with E-state index >= 15 is 0 Å². The minimum Gasteiger partial charge on any atom is -0.495 e. The quantitative estimate of drug-likeness (QED) is 0.647. The van der Waals surface area contributed by atoms with Gasteiger partial charge in [0.25, 0.3) is 0 Å². The molecule has 0 amide bonds. The smallest absolute Gasteiger partial charge is 0.142 e. The molecule has 0 aliphatic carbocycles. The van der Waals surface area contributed by atoms with Crippen LogP contribution in [0.15, 0.2) is 18.2 Å². The molecule has 0 radical (unpaired) electrons. The van der Waals surface area contributed by atoms with Gasteiger partial charge in [-0.2, -0.15) is 5.26 Å². The minimum atomic E-state index is -1.12. The van der Waals surface area contributed by atoms with Crippen molar-refractivity contribution < 1.29 is 14.9 Å². The molecule has 0 spiro atoms. The first-order chi connectivity index (χ1) is 7.60. The summed E-state index contributed by atoms with van der Waals surface area (Å²) in [5, 5.41) is 27.6. The molecule has 5 nitrogen and oxygen atoms in total. The number of nitrogens with zero attached hydrogens (tertiary/aromatic N) is 1. The summed E-state index contributed by atoms with van der Waals surface area (Å²) in [6, 6.07) is 6.50. The number of nitriles is 1. The average Bonchev–Trinajstić information content (AvgIpc) is 2.29. The van der Waals surface area contributed by atoms with Gasteiger partial charge < -0.3 is 20.7 Å². The highest BCUT2D eigenvalue weighted by Crippen LogP contribution is 2.27. The first-order valence-corrected chi connectivity index (χ1v) is 4.76. The van der Waals surface area contributed by atoms with Crippen molar-refractivity contribution in [3.8, 4) is 11.8 Å². The molecule has 2 atom stereocenters. The number of benzene rings is 1. The Labute approximate surface area is 93.7 Å². The van der Waals surface area contributed by atoms with Gasteiger partial charge in [-0.15, -0.1) is 0 Å². The SMILES string of the molecule is COc1cc(C(O)C(O)CC#N)ccc1N. The molecule has 16 heavy (non-hydrogen) atoms. The first-order valence-electron chi connectivity index (χ1n) is 4.76. The van der Waals surface area contributed by atoms with Gasteiger partial charge in [0.2, 0.25) is 0 Å². The molecule has 5 heteroatoms. The van der Waals surface area contributed by atoms with E-state index in [0.717, 1.165) is 0 Å². The summed E-state index contributed by atoms with van der Waals surface area (Å²) >= 11 is 0. The number of anilines is 1. The molecule has 86 valence electrons. The Morgan fingerprint density at radius 3 is 2.75 bits per heavy atom. The summed E-state index contributed by atoms with van der Waals surface area (Å²) in [5.74, 6) is 0.431. The lowest BCUT2D eigenvalue weighted by molar-refractivity contribution is 0.0215. The molecule has 0 aliphatic heterocycles. The Balaban J connectivity index is 2.92. The second-order valence-corrected chi connectivity index (χ2v) is 3.38. The standard InChI is InChI=1S/C11H14N2O3/c1-16-10-6-7(2-3-8(10)13)11(15)9(14)4-5-12/h2-3,6,9,11,14-15H,4,13H2,1H3. The van der Waals surface area contributed by atoms with Crippen molar-refractivity contribution in [3.63, 3.8) is 0 Å². The molecule has 1 aromatic carbocycles. The second kappa shape index (κ2) is 5.35. The number of hydrogen-bond donors (Lipinski definition) is 3. The zero-order valence-electron chi connectivity index (χ0n) is 8.92. The van der Waals surface area contributed by atoms with E-state index in [-0.39, 0.29) is 6.42 Å². The second-order valence-electron chi connectivity index (χ2n) is 3.38. The molecule has 0 aliphatic rings. The van der Waals surface area contributed by atoms with E-state index in [4.69, 9.17) is 15.7 Å². The summed E-state index contributed by atoms with van der Waals surface area (Å²) in [7, 11) is 1.47. The van der Waals surface area contributed by atoms with E-state index < -0.39 is 12.2 Å². The number of hydrogen-bond acceptors (Lipinski definition) is 5. The molecule has 0 bridgehead atoms. The van der Waals surface area contributed by atoms with Crippen LogP contribution < -0.4 is 10.5 Å². The zero-order chi connectivity index (χ0) is 12.1. The van der Waals surface area contributed by atoms with Gasteiger partial charge in [-0.25, -0.2) is 0 Å². The number of methoxy groups -OCH3 is 1. The third-order valence-corrected chi connectivity index (χ3v) is 2.26. The van der Waals surface area contributed by atoms with Crippen LogP contribution in [0.25, 0.3) is 0 Å². The lowest BCUT2D eigenvalue weighted by Crippen LogP contribution is -2.17. The number of nitrogens with two attached hydrogens (primary N) is 1. The molecule has 2 unspecified atom stereocenters. The van der Waals surface area contributed by atoms with Crippen LogP contribution in [0, 0.1) is 11.3 Å². The third-order valence-electron chi connectivity index (χ3n) is 2.26. The van der Waals surface area contributed by atoms with E-state index in [9.17, 15) is 10.2 Å². The summed E-state index contributed by atoms with van der Waals surface area (Å²) in [6.45, 7) is 0. The monoisotopic (exact) mass is 222 g/mol. The van der Waals surface area contributed by atoms with Crippen LogP contribution in [0.2, 0.25) is 0 Å². The van der Waals surface area contributed by atoms with E-state index in [1.807, 2.05) is 0 Å². The van der Waals surface area contributed by atoms with E-state index in [0.29, 0.717) is 17.0 Å². The highest BCUT2D eigenvalue weighted by molar-refractivity contribution is 5.54. The fourth-order valence-electron chi connectivity index (χ4n) is 1.34. The van der Waals surface area contributed by atoms with Gasteiger partial charge in [-0.3, -0.25) is 0 Å². The number of ether oxygens (including phenoxy) is 1. The van der Waals surface area contributed by atoms with Crippen molar-refractivity contribution in [1.29, 1.82) is 5.26 Å². The van der Waals surface area contributed by atoms with Crippen molar-refractivity contribution in [3.05, 3.63) is 23.8 Å². The zero-order valence-corrected chi connectivity index (χ0v) is 8.92. The molecule has 0 saturated heterocycles. The fraction of sp³-hybridized carbons (Fsp3) is 0.364. The van der Waals surface area contributed by atoms with Gasteiger partial charge in [0.1, 0.15) is 11.9 Å². The van der Waals surface area contributed by atoms with Crippen molar-refractivity contribution >= 4 is 5.69 Å². The predicted octanol–water partition coefficient (Wildman–Crippen LogP) is 0.585. The van der Waals surface area contributed by atoms with Gasteiger partial charge in [0.15, 0.2) is 0 Å². The lowest BCUT2D eigenvalue weighted by atomic mass is 10.0. The summed E-state index contributed by atoms with van der Waals surface area (Å²) < 4.78 is 4.99. The van der Waals surface area contributed by atoms with Gasteiger partial charge in [-0.05, 0) is 17.7 Å². The van der Waals surface area contributed by atoms with Crippen LogP contribution in [-0.2, 0) is 0 Å². The van der Waals surface area contributed by atoms with Crippen LogP contribution in [0.1, 0.15) is 18.1 Å². The molecule has 0 heterocycles. The lowest BCUT2D eigenvalue weighted by Gasteiger charge is -2.16. The predicted molar refractivity (Wildman–Crippen MR) is 58.6 cm³/mol. The minimum absolute atomic E-state index is 0.131. The number of rotatable bonds is 4. The fourth-order valence-corrected chi connectivity index (χ4v) is 1.34. The number of aliphatic hydroxyl groups is 2. The van der Waals surface area contributed by atoms with Crippen LogP contribution >= 0.6 is 0 Å². The highest BCUT2D eigenvalue weighted by Gasteiger charge is 2.18. The summed E-state index contributed by atoms with van der Waals surface area (Å²) in [5.41, 5.74) is 6.53. The van der Waals surface area contributed by atoms with Crippen molar-refractivity contribution in [2.24, 2.45) is 0 Å². The Morgan fingerprint density at radius 1 is 1.50 bits per heavy atom. The van der Waals surface area contributed by atoms with Crippen LogP contribution in [0.3, 0.4) is 0 Å². The maximum Gasteiger partial charge on any atom is 0.142 e. The Morgan fingerprint density at radius 2 is 2.19 bits per heavy atom. The summed E-state index contributed by atoms with van der Waals surface area (Å²) in [6.07, 6.45) is -2.36. The van der Waals surface area contributed by atoms with Gasteiger partial charge >= 0.3 is 0 Å². The first kappa shape index (κ1) is 12.3. The molecular weight excluding hydrogens is 208 g/mol. The molecule has 0 saturated carbocycles. The number of nitrogen functional groups attached to an aromatic ring is 1.